The van der Waals surface area contributed by atoms with Crippen LogP contribution < -0.4 is 53.8 Å². The number of hydrogen-bond donors (Lipinski definition) is 11. The molecule has 0 bridgehead atoms. The number of nitrogens with zero attached hydrogens (tertiary/aromatic N) is 3. The third-order valence-corrected chi connectivity index (χ3v) is 11.0. The number of benzene rings is 2. The van der Waals surface area contributed by atoms with Crippen LogP contribution >= 0.6 is 11.3 Å². The smallest absolute Gasteiger partial charge is 0.305 e. The molecule has 4 rings (SSSR count). The molecule has 2 aromatic carbocycles. The van der Waals surface area contributed by atoms with Crippen LogP contribution in [0, 0.1) is 0 Å². The Morgan fingerprint density at radius 2 is 1.41 bits per heavy atom. The first kappa shape index (κ1) is 46.9. The van der Waals surface area contributed by atoms with E-state index in [1.807, 2.05) is 0 Å². The minimum atomic E-state index is -3.86. The molecule has 0 radical (unpaired) electrons. The fourth-order valence-corrected chi connectivity index (χ4v) is 7.64. The number of unbranched alkanes of at least 4 members (excludes halogenated alkanes) is 1. The van der Waals surface area contributed by atoms with Crippen molar-refractivity contribution in [2.45, 2.75) is 74.0 Å². The minimum absolute atomic E-state index is 0.00862. The average molecular weight is 884 g/mol. The summed E-state index contributed by atoms with van der Waals surface area (Å²) in [4.78, 5) is 91.2. The molecule has 24 heteroatoms. The van der Waals surface area contributed by atoms with E-state index < -0.39 is 82.7 Å². The number of anilines is 2. The van der Waals surface area contributed by atoms with Crippen LogP contribution in [0.2, 0.25) is 0 Å². The molecule has 1 aliphatic heterocycles. The zero-order valence-electron chi connectivity index (χ0n) is 32.8. The number of amides is 5. The van der Waals surface area contributed by atoms with E-state index in [0.29, 0.717) is 24.1 Å². The van der Waals surface area contributed by atoms with Crippen molar-refractivity contribution in [3.8, 4) is 0 Å². The van der Waals surface area contributed by atoms with Crippen molar-refractivity contribution in [3.63, 3.8) is 0 Å². The second-order valence-corrected chi connectivity index (χ2v) is 16.2. The van der Waals surface area contributed by atoms with E-state index in [-0.39, 0.29) is 60.7 Å². The molecule has 1 aromatic heterocycles. The number of aliphatic imine (C=N–C) groups is 2. The molecule has 0 aliphatic carbocycles. The lowest BCUT2D eigenvalue weighted by Gasteiger charge is -2.26. The highest BCUT2D eigenvalue weighted by Crippen LogP contribution is 2.19. The van der Waals surface area contributed by atoms with Gasteiger partial charge in [0.2, 0.25) is 29.5 Å². The summed E-state index contributed by atoms with van der Waals surface area (Å²) in [6.45, 7) is -0.362. The summed E-state index contributed by atoms with van der Waals surface area (Å²) >= 11 is 1.14. The van der Waals surface area contributed by atoms with Gasteiger partial charge in [-0.15, -0.1) is 11.3 Å². The van der Waals surface area contributed by atoms with Crippen molar-refractivity contribution in [3.05, 3.63) is 71.7 Å². The van der Waals surface area contributed by atoms with Crippen LogP contribution in [0.3, 0.4) is 0 Å². The molecule has 1 aliphatic rings. The van der Waals surface area contributed by atoms with Gasteiger partial charge < -0.3 is 54.2 Å². The van der Waals surface area contributed by atoms with Crippen LogP contribution in [0.1, 0.15) is 44.1 Å². The van der Waals surface area contributed by atoms with Gasteiger partial charge >= 0.3 is 5.97 Å². The van der Waals surface area contributed by atoms with Crippen LogP contribution in [-0.2, 0) is 45.2 Å². The van der Waals surface area contributed by atoms with Gasteiger partial charge in [-0.3, -0.25) is 43.5 Å². The van der Waals surface area contributed by atoms with Crippen LogP contribution in [-0.4, -0.2) is 110 Å². The van der Waals surface area contributed by atoms with Gasteiger partial charge in [0.15, 0.2) is 17.1 Å². The largest absolute Gasteiger partial charge is 0.481 e. The highest BCUT2D eigenvalue weighted by molar-refractivity contribution is 7.93. The first-order valence-corrected chi connectivity index (χ1v) is 21.3. The number of carbonyl (C=O) groups excluding carboxylic acids is 5. The maximum absolute atomic E-state index is 14.0. The number of sulfonamides is 1. The topological polar surface area (TPSA) is 357 Å². The number of carboxylic acid groups (broad SMARTS) is 1. The van der Waals surface area contributed by atoms with Gasteiger partial charge in [-0.25, -0.2) is 13.4 Å². The molecule has 0 saturated carbocycles. The van der Waals surface area contributed by atoms with Gasteiger partial charge in [-0.2, -0.15) is 0 Å². The normalized spacial score (nSPS) is 19.4. The Hall–Kier alpha value is -6.82. The van der Waals surface area contributed by atoms with Gasteiger partial charge in [0.25, 0.3) is 10.0 Å². The molecule has 5 amide bonds. The molecule has 14 N–H and O–H groups in total. The number of carboxylic acids is 1. The summed E-state index contributed by atoms with van der Waals surface area (Å²) in [6.07, 6.45) is 1.58. The minimum Gasteiger partial charge on any atom is -0.481 e. The lowest BCUT2D eigenvalue weighted by molar-refractivity contribution is -0.141. The van der Waals surface area contributed by atoms with Gasteiger partial charge in [0.05, 0.1) is 17.9 Å². The molecule has 3 aromatic rings. The summed E-state index contributed by atoms with van der Waals surface area (Å²) in [5.74, 6) is -5.71. The van der Waals surface area contributed by atoms with Gasteiger partial charge in [-0.05, 0) is 61.9 Å². The standard InChI is InChI=1S/C37H49N13O9S2/c38-35(39)41-16-6-10-25-32(55)47-26(9-4-5-15-42-36(40)45-23-11-13-24(14-12-23)61(58,59)50-37-43-17-18-60-37)33(56)48-27(19-22-7-2-1-3-8-22)34(57)49-28(20-30(52)53)31(54)44-21-29(51)46-25/h1-3,7-8,11-14,17-18,25-28H,4-6,9-10,15-16,19-21H2,(H,43,50)(H,44,54)(H,46,51)(H,47,55)(H,48,56)(H,49,57)(H,52,53)(H4,38,39,41)(H3,40,42,45)/t25-,26?,27-,28-/m0/s1. The van der Waals surface area contributed by atoms with E-state index in [1.54, 1.807) is 35.7 Å². The number of hydrogen-bond acceptors (Lipinski definition) is 12. The predicted octanol–water partition coefficient (Wildman–Crippen LogP) is -1.32. The Kier molecular flexibility index (Phi) is 17.7. The van der Waals surface area contributed by atoms with Crippen LogP contribution in [0.15, 0.2) is 81.1 Å². The Labute approximate surface area is 355 Å². The van der Waals surface area contributed by atoms with Crippen LogP contribution in [0.25, 0.3) is 0 Å². The number of aromatic nitrogens is 1. The van der Waals surface area contributed by atoms with Crippen molar-refractivity contribution in [2.75, 3.05) is 29.7 Å². The van der Waals surface area contributed by atoms with Crippen molar-refractivity contribution in [1.29, 1.82) is 0 Å². The lowest BCUT2D eigenvalue weighted by Crippen LogP contribution is -2.58. The van der Waals surface area contributed by atoms with Crippen molar-refractivity contribution in [2.24, 2.45) is 27.2 Å². The maximum atomic E-state index is 14.0. The predicted molar refractivity (Wildman–Crippen MR) is 226 cm³/mol. The van der Waals surface area contributed by atoms with E-state index in [9.17, 15) is 42.3 Å². The van der Waals surface area contributed by atoms with E-state index in [1.165, 1.54) is 30.5 Å². The Morgan fingerprint density at radius 3 is 2.07 bits per heavy atom. The number of rotatable bonds is 17. The highest BCUT2D eigenvalue weighted by atomic mass is 32.2. The second-order valence-electron chi connectivity index (χ2n) is 13.6. The van der Waals surface area contributed by atoms with Gasteiger partial charge in [-0.1, -0.05) is 30.3 Å². The van der Waals surface area contributed by atoms with Crippen molar-refractivity contribution < 1.29 is 42.3 Å². The number of aliphatic carboxylic acids is 1. The zero-order chi connectivity index (χ0) is 44.4. The highest BCUT2D eigenvalue weighted by Gasteiger charge is 2.33. The lowest BCUT2D eigenvalue weighted by atomic mass is 10.0. The van der Waals surface area contributed by atoms with Crippen LogP contribution in [0.4, 0.5) is 10.8 Å². The van der Waals surface area contributed by atoms with E-state index >= 15 is 0 Å². The number of nitrogens with one attached hydrogen (secondary N) is 7. The molecule has 0 spiro atoms. The number of carbonyl (C=O) groups is 6. The maximum Gasteiger partial charge on any atom is 0.305 e. The SMILES string of the molecule is NC(N)=NCCC[C@@H]1NC(=O)CNC(=O)[C@H](CC(=O)O)NC(=O)[C@H](Cc2ccccc2)NC(=O)C(CCCCN=C(N)Nc2ccc(S(=O)(=O)Nc3nccs3)cc2)NC1=O. The van der Waals surface area contributed by atoms with Gasteiger partial charge in [0, 0.05) is 36.8 Å². The summed E-state index contributed by atoms with van der Waals surface area (Å²) in [7, 11) is -3.86. The molecular weight excluding hydrogens is 835 g/mol. The number of nitrogens with two attached hydrogens (primary N) is 3. The summed E-state index contributed by atoms with van der Waals surface area (Å²) in [5.41, 5.74) is 18.0. The fraction of sp³-hybridized carbons (Fsp3) is 0.378. The molecular formula is C37H49N13O9S2. The first-order chi connectivity index (χ1) is 29.1. The first-order valence-electron chi connectivity index (χ1n) is 19.0. The third-order valence-electron chi connectivity index (χ3n) is 8.85. The quantitative estimate of drug-likeness (QED) is 0.0426. The van der Waals surface area contributed by atoms with E-state index in [2.05, 4.69) is 51.6 Å². The molecule has 4 atom stereocenters. The monoisotopic (exact) mass is 883 g/mol. The summed E-state index contributed by atoms with van der Waals surface area (Å²) in [5, 5.41) is 26.8. The second kappa shape index (κ2) is 23.1. The average Bonchev–Trinajstić information content (AvgIpc) is 3.72. The molecule has 1 saturated heterocycles. The molecule has 328 valence electrons. The molecule has 1 fully saturated rings. The van der Waals surface area contributed by atoms with Crippen molar-refractivity contribution >= 4 is 79.6 Å². The molecule has 1 unspecified atom stereocenters. The Morgan fingerprint density at radius 1 is 0.787 bits per heavy atom. The number of guanidine groups is 2. The van der Waals surface area contributed by atoms with Gasteiger partial charge in [0.1, 0.15) is 24.2 Å². The third kappa shape index (κ3) is 16.0. The summed E-state index contributed by atoms with van der Waals surface area (Å²) in [6, 6.07) is 9.03. The molecule has 61 heavy (non-hydrogen) atoms. The van der Waals surface area contributed by atoms with Crippen LogP contribution in [0.5, 0.6) is 0 Å². The Balaban J connectivity index is 1.49. The Bertz CT molecular complexity index is 2150. The molecule has 2 heterocycles. The van der Waals surface area contributed by atoms with E-state index in [0.717, 1.165) is 11.3 Å². The molecule has 22 nitrogen and oxygen atoms in total. The fourth-order valence-electron chi connectivity index (χ4n) is 5.85. The summed E-state index contributed by atoms with van der Waals surface area (Å²) < 4.78 is 27.7. The zero-order valence-corrected chi connectivity index (χ0v) is 34.5. The number of thiazole rings is 1. The van der Waals surface area contributed by atoms with E-state index in [4.69, 9.17) is 17.2 Å². The van der Waals surface area contributed by atoms with Crippen molar-refractivity contribution in [1.82, 2.24) is 31.6 Å².